The van der Waals surface area contributed by atoms with Crippen LogP contribution in [0.4, 0.5) is 0 Å². The van der Waals surface area contributed by atoms with Crippen molar-refractivity contribution in [1.82, 2.24) is 0 Å². The SMILES string of the molecule is CC(C)C[C@H](N=Cc1cc(S(=O)(=O)O)ccc1[O-])C(=O)O.[Na+]. The molecule has 0 unspecified atom stereocenters. The van der Waals surface area contributed by atoms with Gasteiger partial charge in [-0.1, -0.05) is 25.7 Å². The zero-order chi connectivity index (χ0) is 16.2. The molecule has 1 aromatic rings. The van der Waals surface area contributed by atoms with Gasteiger partial charge in [0.15, 0.2) is 0 Å². The Labute approximate surface area is 151 Å². The van der Waals surface area contributed by atoms with Crippen LogP contribution in [-0.2, 0) is 14.9 Å². The Morgan fingerprint density at radius 3 is 2.45 bits per heavy atom. The minimum Gasteiger partial charge on any atom is -0.872 e. The Kier molecular flexibility index (Phi) is 8.27. The molecule has 0 fully saturated rings. The Morgan fingerprint density at radius 1 is 1.41 bits per heavy atom. The standard InChI is InChI=1S/C13H17NO6S.Na/c1-8(2)5-11(13(16)17)14-7-9-6-10(21(18,19)20)3-4-12(9)15;/h3-4,6-8,11,15H,5H2,1-2H3,(H,16,17)(H,18,19,20);/q;+1/p-1/t11-;/m0./s1. The van der Waals surface area contributed by atoms with Gasteiger partial charge < -0.3 is 10.2 Å². The van der Waals surface area contributed by atoms with E-state index >= 15 is 0 Å². The average molecular weight is 337 g/mol. The summed E-state index contributed by atoms with van der Waals surface area (Å²) >= 11 is 0. The molecule has 0 radical (unpaired) electrons. The molecule has 1 atom stereocenters. The number of carbonyl (C=O) groups is 1. The van der Waals surface area contributed by atoms with Crippen molar-refractivity contribution in [2.24, 2.45) is 10.9 Å². The van der Waals surface area contributed by atoms with Crippen LogP contribution < -0.4 is 34.7 Å². The molecular formula is C13H16NNaO6S. The molecule has 0 saturated carbocycles. The summed E-state index contributed by atoms with van der Waals surface area (Å²) in [6.07, 6.45) is 1.32. The van der Waals surface area contributed by atoms with Crippen molar-refractivity contribution in [2.75, 3.05) is 0 Å². The summed E-state index contributed by atoms with van der Waals surface area (Å²) in [6.45, 7) is 3.67. The number of aliphatic imine (C=N–C) groups is 1. The van der Waals surface area contributed by atoms with Crippen molar-refractivity contribution in [2.45, 2.75) is 31.2 Å². The van der Waals surface area contributed by atoms with Gasteiger partial charge in [0, 0.05) is 6.21 Å². The summed E-state index contributed by atoms with van der Waals surface area (Å²) in [4.78, 5) is 14.4. The molecule has 0 aliphatic heterocycles. The van der Waals surface area contributed by atoms with Gasteiger partial charge in [-0.3, -0.25) is 9.55 Å². The van der Waals surface area contributed by atoms with Crippen molar-refractivity contribution in [3.8, 4) is 5.75 Å². The summed E-state index contributed by atoms with van der Waals surface area (Å²) in [5.74, 6) is -1.54. The Morgan fingerprint density at radius 2 is 2.00 bits per heavy atom. The molecule has 0 amide bonds. The zero-order valence-electron chi connectivity index (χ0n) is 12.6. The molecule has 0 bridgehead atoms. The number of benzene rings is 1. The average Bonchev–Trinajstić information content (AvgIpc) is 2.33. The summed E-state index contributed by atoms with van der Waals surface area (Å²) in [7, 11) is -4.43. The molecule has 7 nitrogen and oxygen atoms in total. The molecular weight excluding hydrogens is 321 g/mol. The molecule has 0 saturated heterocycles. The summed E-state index contributed by atoms with van der Waals surface area (Å²) in [6, 6.07) is 1.88. The van der Waals surface area contributed by atoms with Crippen LogP contribution in [0.2, 0.25) is 0 Å². The van der Waals surface area contributed by atoms with E-state index in [1.165, 1.54) is 0 Å². The minimum atomic E-state index is -4.43. The van der Waals surface area contributed by atoms with Crippen LogP contribution in [0.25, 0.3) is 0 Å². The number of nitrogens with zero attached hydrogens (tertiary/aromatic N) is 1. The van der Waals surface area contributed by atoms with Gasteiger partial charge >= 0.3 is 35.5 Å². The molecule has 2 N–H and O–H groups in total. The predicted molar refractivity (Wildman–Crippen MR) is 74.2 cm³/mol. The Balaban J connectivity index is 0.00000441. The molecule has 9 heteroatoms. The quantitative estimate of drug-likeness (QED) is 0.349. The predicted octanol–water partition coefficient (Wildman–Crippen LogP) is -2.07. The van der Waals surface area contributed by atoms with E-state index in [0.29, 0.717) is 0 Å². The van der Waals surface area contributed by atoms with E-state index in [9.17, 15) is 18.3 Å². The van der Waals surface area contributed by atoms with Gasteiger partial charge in [-0.25, -0.2) is 4.79 Å². The first-order valence-corrected chi connectivity index (χ1v) is 7.59. The molecule has 0 spiro atoms. The molecule has 1 rings (SSSR count). The van der Waals surface area contributed by atoms with Gasteiger partial charge in [0.2, 0.25) is 0 Å². The van der Waals surface area contributed by atoms with Crippen molar-refractivity contribution >= 4 is 22.3 Å². The summed E-state index contributed by atoms with van der Waals surface area (Å²) in [5, 5.41) is 20.6. The summed E-state index contributed by atoms with van der Waals surface area (Å²) in [5.41, 5.74) is -0.0971. The molecule has 116 valence electrons. The number of hydrogen-bond donors (Lipinski definition) is 2. The van der Waals surface area contributed by atoms with Crippen molar-refractivity contribution in [3.05, 3.63) is 23.8 Å². The van der Waals surface area contributed by atoms with E-state index in [-0.39, 0.29) is 47.5 Å². The second kappa shape index (κ2) is 8.64. The van der Waals surface area contributed by atoms with Crippen LogP contribution in [0.5, 0.6) is 5.75 Å². The molecule has 0 heterocycles. The first-order chi connectivity index (χ1) is 9.61. The van der Waals surface area contributed by atoms with E-state index < -0.39 is 32.8 Å². The van der Waals surface area contributed by atoms with Crippen LogP contribution in [0.15, 0.2) is 28.1 Å². The maximum Gasteiger partial charge on any atom is 1.00 e. The number of carboxylic acid groups (broad SMARTS) is 1. The maximum atomic E-state index is 11.6. The van der Waals surface area contributed by atoms with Crippen LogP contribution in [-0.4, -0.2) is 36.3 Å². The van der Waals surface area contributed by atoms with E-state index in [2.05, 4.69) is 4.99 Å². The van der Waals surface area contributed by atoms with Crippen LogP contribution in [0.1, 0.15) is 25.8 Å². The maximum absolute atomic E-state index is 11.6. The van der Waals surface area contributed by atoms with Gasteiger partial charge in [-0.15, -0.1) is 0 Å². The largest absolute Gasteiger partial charge is 1.00 e. The van der Waals surface area contributed by atoms with Gasteiger partial charge in [-0.2, -0.15) is 8.42 Å². The van der Waals surface area contributed by atoms with Gasteiger partial charge in [0.1, 0.15) is 6.04 Å². The third-order valence-electron chi connectivity index (χ3n) is 2.65. The minimum absolute atomic E-state index is 0. The number of hydrogen-bond acceptors (Lipinski definition) is 5. The van der Waals surface area contributed by atoms with E-state index in [0.717, 1.165) is 24.4 Å². The van der Waals surface area contributed by atoms with E-state index in [4.69, 9.17) is 9.66 Å². The monoisotopic (exact) mass is 337 g/mol. The number of aliphatic carboxylic acids is 1. The summed E-state index contributed by atoms with van der Waals surface area (Å²) < 4.78 is 30.9. The van der Waals surface area contributed by atoms with E-state index in [1.807, 2.05) is 13.8 Å². The normalized spacial score (nSPS) is 13.1. The van der Waals surface area contributed by atoms with Crippen molar-refractivity contribution in [1.29, 1.82) is 0 Å². The second-order valence-corrected chi connectivity index (χ2v) is 6.36. The van der Waals surface area contributed by atoms with Gasteiger partial charge in [0.05, 0.1) is 4.90 Å². The second-order valence-electron chi connectivity index (χ2n) is 4.94. The molecule has 1 aromatic carbocycles. The molecule has 22 heavy (non-hydrogen) atoms. The fourth-order valence-corrected chi connectivity index (χ4v) is 2.15. The molecule has 0 aliphatic carbocycles. The van der Waals surface area contributed by atoms with E-state index in [1.54, 1.807) is 0 Å². The van der Waals surface area contributed by atoms with Crippen molar-refractivity contribution in [3.63, 3.8) is 0 Å². The van der Waals surface area contributed by atoms with Crippen LogP contribution in [0.3, 0.4) is 0 Å². The Bertz CT molecular complexity index is 656. The van der Waals surface area contributed by atoms with Crippen LogP contribution >= 0.6 is 0 Å². The first kappa shape index (κ1) is 21.1. The van der Waals surface area contributed by atoms with Crippen molar-refractivity contribution < 1.29 is 57.5 Å². The van der Waals surface area contributed by atoms with Gasteiger partial charge in [0.25, 0.3) is 10.1 Å². The van der Waals surface area contributed by atoms with Gasteiger partial charge in [-0.05, 0) is 30.0 Å². The first-order valence-electron chi connectivity index (χ1n) is 6.15. The fourth-order valence-electron chi connectivity index (χ4n) is 1.63. The molecule has 0 aromatic heterocycles. The number of carboxylic acids is 1. The fraction of sp³-hybridized carbons (Fsp3) is 0.385. The smallest absolute Gasteiger partial charge is 0.872 e. The number of rotatable bonds is 6. The third-order valence-corrected chi connectivity index (χ3v) is 3.50. The van der Waals surface area contributed by atoms with Crippen LogP contribution in [0, 0.1) is 5.92 Å². The topological polar surface area (TPSA) is 127 Å². The Hall–Kier alpha value is -0.930. The zero-order valence-corrected chi connectivity index (χ0v) is 15.4. The molecule has 0 aliphatic rings. The third kappa shape index (κ3) is 6.45.